The zero-order valence-electron chi connectivity index (χ0n) is 15.5. The Morgan fingerprint density at radius 1 is 1.00 bits per heavy atom. The van der Waals surface area contributed by atoms with Gasteiger partial charge in [0, 0.05) is 23.6 Å². The molecule has 5 nitrogen and oxygen atoms in total. The molecule has 4 rings (SSSR count). The second-order valence-electron chi connectivity index (χ2n) is 7.73. The predicted molar refractivity (Wildman–Crippen MR) is 103 cm³/mol. The molecule has 0 saturated carbocycles. The highest BCUT2D eigenvalue weighted by molar-refractivity contribution is 6.02. The fourth-order valence-corrected chi connectivity index (χ4v) is 3.48. The van der Waals surface area contributed by atoms with Gasteiger partial charge in [0.05, 0.1) is 17.9 Å². The van der Waals surface area contributed by atoms with E-state index in [0.29, 0.717) is 6.54 Å². The van der Waals surface area contributed by atoms with Gasteiger partial charge in [-0.25, -0.2) is 4.68 Å². The maximum Gasteiger partial charge on any atom is 0.232 e. The van der Waals surface area contributed by atoms with Crippen LogP contribution in [-0.4, -0.2) is 20.9 Å². The van der Waals surface area contributed by atoms with Crippen LogP contribution in [0.2, 0.25) is 0 Å². The van der Waals surface area contributed by atoms with E-state index >= 15 is 0 Å². The normalized spacial score (nSPS) is 13.3. The van der Waals surface area contributed by atoms with Crippen LogP contribution in [0.4, 0.5) is 5.69 Å². The van der Waals surface area contributed by atoms with Crippen LogP contribution in [0.3, 0.4) is 0 Å². The lowest BCUT2D eigenvalue weighted by molar-refractivity contribution is -0.125. The van der Waals surface area contributed by atoms with Crippen LogP contribution in [0, 0.1) is 5.41 Å². The molecule has 0 bridgehead atoms. The van der Waals surface area contributed by atoms with Crippen molar-refractivity contribution in [1.29, 1.82) is 0 Å². The number of amides is 1. The smallest absolute Gasteiger partial charge is 0.232 e. The fourth-order valence-electron chi connectivity index (χ4n) is 3.48. The van der Waals surface area contributed by atoms with Gasteiger partial charge in [0.1, 0.15) is 5.69 Å². The van der Waals surface area contributed by atoms with Crippen molar-refractivity contribution in [3.8, 4) is 22.5 Å². The Kier molecular flexibility index (Phi) is 3.68. The van der Waals surface area contributed by atoms with Gasteiger partial charge in [0.15, 0.2) is 0 Å². The molecule has 1 aliphatic heterocycles. The van der Waals surface area contributed by atoms with Crippen molar-refractivity contribution in [1.82, 2.24) is 15.0 Å². The predicted octanol–water partition coefficient (Wildman–Crippen LogP) is 4.04. The first kappa shape index (κ1) is 16.5. The van der Waals surface area contributed by atoms with E-state index in [1.165, 1.54) is 0 Å². The summed E-state index contributed by atoms with van der Waals surface area (Å²) in [6, 6.07) is 16.1. The lowest BCUT2D eigenvalue weighted by Crippen LogP contribution is -2.40. The van der Waals surface area contributed by atoms with E-state index in [0.717, 1.165) is 33.8 Å². The third-order valence-electron chi connectivity index (χ3n) is 4.76. The second kappa shape index (κ2) is 5.80. The second-order valence-corrected chi connectivity index (χ2v) is 7.73. The van der Waals surface area contributed by atoms with Crippen LogP contribution < -0.4 is 4.90 Å². The molecule has 0 atom stereocenters. The molecule has 1 amide bonds. The number of hydrogen-bond donors (Lipinski definition) is 0. The van der Waals surface area contributed by atoms with Crippen LogP contribution in [0.5, 0.6) is 0 Å². The van der Waals surface area contributed by atoms with Crippen LogP contribution in [0.25, 0.3) is 22.5 Å². The zero-order valence-corrected chi connectivity index (χ0v) is 15.5. The number of aryl methyl sites for hydroxylation is 1. The Morgan fingerprint density at radius 3 is 2.38 bits per heavy atom. The van der Waals surface area contributed by atoms with E-state index < -0.39 is 5.41 Å². The summed E-state index contributed by atoms with van der Waals surface area (Å²) in [6.07, 6.45) is 0. The number of anilines is 1. The lowest BCUT2D eigenvalue weighted by Gasteiger charge is -2.33. The Hall–Kier alpha value is -2.95. The molecule has 0 saturated heterocycles. The molecule has 2 heterocycles. The van der Waals surface area contributed by atoms with Crippen molar-refractivity contribution in [2.75, 3.05) is 4.90 Å². The highest BCUT2D eigenvalue weighted by Crippen LogP contribution is 2.41. The average molecular weight is 346 g/mol. The molecule has 0 fully saturated rings. The van der Waals surface area contributed by atoms with E-state index in [2.05, 4.69) is 22.4 Å². The number of carbonyl (C=O) groups is 1. The maximum absolute atomic E-state index is 13.3. The van der Waals surface area contributed by atoms with Gasteiger partial charge in [0.25, 0.3) is 0 Å². The van der Waals surface area contributed by atoms with Gasteiger partial charge in [-0.05, 0) is 11.6 Å². The van der Waals surface area contributed by atoms with Crippen molar-refractivity contribution >= 4 is 11.6 Å². The van der Waals surface area contributed by atoms with Crippen molar-refractivity contribution in [2.24, 2.45) is 12.5 Å². The van der Waals surface area contributed by atoms with Gasteiger partial charge in [-0.15, -0.1) is 5.10 Å². The number of benzene rings is 2. The first-order valence-corrected chi connectivity index (χ1v) is 8.77. The average Bonchev–Trinajstić information content (AvgIpc) is 2.98. The number of fused-ring (bicyclic) bond motifs is 5. The molecular weight excluding hydrogens is 324 g/mol. The molecule has 132 valence electrons. The van der Waals surface area contributed by atoms with E-state index in [4.69, 9.17) is 0 Å². The first-order valence-electron chi connectivity index (χ1n) is 8.77. The minimum atomic E-state index is -0.477. The highest BCUT2D eigenvalue weighted by Gasteiger charge is 2.33. The van der Waals surface area contributed by atoms with Crippen LogP contribution in [0.15, 0.2) is 48.5 Å². The molecule has 0 aliphatic carbocycles. The fraction of sp³-hybridized carbons (Fsp3) is 0.286. The topological polar surface area (TPSA) is 51.0 Å². The molecular formula is C21H22N4O. The summed E-state index contributed by atoms with van der Waals surface area (Å²) in [7, 11) is 1.89. The van der Waals surface area contributed by atoms with Gasteiger partial charge in [-0.1, -0.05) is 68.4 Å². The van der Waals surface area contributed by atoms with Crippen LogP contribution in [0.1, 0.15) is 26.3 Å². The third kappa shape index (κ3) is 2.51. The Morgan fingerprint density at radius 2 is 1.65 bits per heavy atom. The molecule has 3 aromatic rings. The highest BCUT2D eigenvalue weighted by atomic mass is 16.2. The summed E-state index contributed by atoms with van der Waals surface area (Å²) in [5.74, 6) is 0.0957. The molecule has 1 aliphatic rings. The summed E-state index contributed by atoms with van der Waals surface area (Å²) >= 11 is 0. The molecule has 0 spiro atoms. The quantitative estimate of drug-likeness (QED) is 0.617. The monoisotopic (exact) mass is 346 g/mol. The standard InChI is InChI=1S/C21H22N4O/c1-21(2,3)20(26)25-13-14-9-5-6-10-15(14)18-19(24(4)23-22-18)16-11-7-8-12-17(16)25/h5-12H,13H2,1-4H3. The molecule has 0 radical (unpaired) electrons. The SMILES string of the molecule is Cn1nnc2c1-c1ccccc1N(C(=O)C(C)(C)C)Cc1ccccc1-2. The summed E-state index contributed by atoms with van der Waals surface area (Å²) in [5, 5.41) is 8.69. The van der Waals surface area contributed by atoms with Gasteiger partial charge in [-0.2, -0.15) is 0 Å². The molecule has 0 N–H and O–H groups in total. The third-order valence-corrected chi connectivity index (χ3v) is 4.76. The largest absolute Gasteiger partial charge is 0.307 e. The van der Waals surface area contributed by atoms with E-state index in [-0.39, 0.29) is 5.91 Å². The van der Waals surface area contributed by atoms with E-state index in [1.807, 2.05) is 69.1 Å². The number of rotatable bonds is 0. The lowest BCUT2D eigenvalue weighted by atomic mass is 9.91. The Bertz CT molecular complexity index is 997. The van der Waals surface area contributed by atoms with Crippen molar-refractivity contribution in [2.45, 2.75) is 27.3 Å². The molecule has 1 aromatic heterocycles. The zero-order chi connectivity index (χ0) is 18.5. The summed E-state index contributed by atoms with van der Waals surface area (Å²) in [4.78, 5) is 15.2. The first-order chi connectivity index (χ1) is 12.4. The maximum atomic E-state index is 13.3. The van der Waals surface area contributed by atoms with Gasteiger partial charge < -0.3 is 4.90 Å². The van der Waals surface area contributed by atoms with Gasteiger partial charge in [-0.3, -0.25) is 4.79 Å². The molecule has 26 heavy (non-hydrogen) atoms. The minimum Gasteiger partial charge on any atom is -0.307 e. The van der Waals surface area contributed by atoms with Crippen molar-refractivity contribution < 1.29 is 4.79 Å². The molecule has 2 aromatic carbocycles. The Balaban J connectivity index is 2.05. The summed E-state index contributed by atoms with van der Waals surface area (Å²) in [5.41, 5.74) is 5.28. The van der Waals surface area contributed by atoms with Gasteiger partial charge >= 0.3 is 0 Å². The van der Waals surface area contributed by atoms with Crippen molar-refractivity contribution in [3.05, 3.63) is 54.1 Å². The number of para-hydroxylation sites is 1. The van der Waals surface area contributed by atoms with E-state index in [9.17, 15) is 4.79 Å². The van der Waals surface area contributed by atoms with Gasteiger partial charge in [0.2, 0.25) is 5.91 Å². The van der Waals surface area contributed by atoms with Crippen LogP contribution >= 0.6 is 0 Å². The minimum absolute atomic E-state index is 0.0957. The number of aromatic nitrogens is 3. The number of hydrogen-bond acceptors (Lipinski definition) is 3. The number of carbonyl (C=O) groups excluding carboxylic acids is 1. The summed E-state index contributed by atoms with van der Waals surface area (Å²) in [6.45, 7) is 6.39. The Labute approximate surface area is 153 Å². The van der Waals surface area contributed by atoms with Crippen molar-refractivity contribution in [3.63, 3.8) is 0 Å². The molecule has 0 unspecified atom stereocenters. The van der Waals surface area contributed by atoms with Crippen LogP contribution in [-0.2, 0) is 18.4 Å². The summed E-state index contributed by atoms with van der Waals surface area (Å²) < 4.78 is 1.79. The molecule has 5 heteroatoms. The number of nitrogens with zero attached hydrogens (tertiary/aromatic N) is 4. The van der Waals surface area contributed by atoms with E-state index in [1.54, 1.807) is 4.68 Å².